The molecule has 10 rings (SSSR count). The van der Waals surface area contributed by atoms with Crippen LogP contribution >= 0.6 is 0 Å². The standard InChI is InChI=1S/C24H27FN4O3.C24H29N5O3/c1-27-22-14-18(32-13-10-28-8-11-31-12-9-28)6-7-19(22)20-15-26-29(24(30)23(20)27)16-17-4-2-3-5-21(17)25;1-17-4-3-5-18(26-17)16-29-24(30)23-21(15-25-29)20-7-6-19(14-22(20)27(23)2)32-13-10-28-8-11-31-12-9-28/h2-7,14-15,20,23H,8-13,16H2,1H3;3-7,14-15,21,23H,8-13,16H2,1-2H3. The van der Waals surface area contributed by atoms with Gasteiger partial charge in [-0.25, -0.2) is 14.4 Å². The first-order valence-electron chi connectivity index (χ1n) is 22.2. The number of aromatic nitrogens is 1. The van der Waals surface area contributed by atoms with Gasteiger partial charge in [0.25, 0.3) is 11.8 Å². The molecule has 336 valence electrons. The number of fused-ring (bicyclic) bond motifs is 6. The van der Waals surface area contributed by atoms with Gasteiger partial charge < -0.3 is 28.7 Å². The third-order valence-corrected chi connectivity index (χ3v) is 12.8. The minimum atomic E-state index is -0.391. The van der Waals surface area contributed by atoms with E-state index in [0.717, 1.165) is 111 Å². The van der Waals surface area contributed by atoms with Gasteiger partial charge in [0, 0.05) is 101 Å². The summed E-state index contributed by atoms with van der Waals surface area (Å²) in [5, 5.41) is 11.7. The Morgan fingerprint density at radius 2 is 1.17 bits per heavy atom. The largest absolute Gasteiger partial charge is 0.492 e. The van der Waals surface area contributed by atoms with Crippen LogP contribution in [0.3, 0.4) is 0 Å². The highest BCUT2D eigenvalue weighted by atomic mass is 19.1. The van der Waals surface area contributed by atoms with Gasteiger partial charge in [-0.15, -0.1) is 0 Å². The Kier molecular flexibility index (Phi) is 13.2. The van der Waals surface area contributed by atoms with Gasteiger partial charge in [0.2, 0.25) is 0 Å². The molecule has 0 aliphatic carbocycles. The molecule has 15 nitrogen and oxygen atoms in total. The first-order valence-corrected chi connectivity index (χ1v) is 22.2. The van der Waals surface area contributed by atoms with Gasteiger partial charge in [0.1, 0.15) is 42.6 Å². The zero-order valence-corrected chi connectivity index (χ0v) is 36.7. The van der Waals surface area contributed by atoms with Crippen LogP contribution < -0.4 is 19.3 Å². The lowest BCUT2D eigenvalue weighted by atomic mass is 9.94. The van der Waals surface area contributed by atoms with E-state index in [1.165, 1.54) is 16.1 Å². The average Bonchev–Trinajstić information content (AvgIpc) is 3.76. The van der Waals surface area contributed by atoms with Crippen molar-refractivity contribution in [2.45, 2.75) is 43.9 Å². The monoisotopic (exact) mass is 873 g/mol. The number of likely N-dealkylation sites (N-methyl/N-ethyl adjacent to an activating group) is 2. The predicted octanol–water partition coefficient (Wildman–Crippen LogP) is 4.50. The van der Waals surface area contributed by atoms with Gasteiger partial charge in [-0.05, 0) is 48.4 Å². The molecule has 64 heavy (non-hydrogen) atoms. The summed E-state index contributed by atoms with van der Waals surface area (Å²) < 4.78 is 36.9. The number of benzene rings is 3. The summed E-state index contributed by atoms with van der Waals surface area (Å²) in [7, 11) is 3.89. The number of hydrazone groups is 2. The Morgan fingerprint density at radius 3 is 1.69 bits per heavy atom. The van der Waals surface area contributed by atoms with Crippen molar-refractivity contribution < 1.29 is 32.9 Å². The fourth-order valence-corrected chi connectivity index (χ4v) is 9.31. The summed E-state index contributed by atoms with van der Waals surface area (Å²) in [5.74, 6) is 0.972. The minimum Gasteiger partial charge on any atom is -0.492 e. The fourth-order valence-electron chi connectivity index (χ4n) is 9.31. The molecule has 6 aliphatic heterocycles. The van der Waals surface area contributed by atoms with E-state index in [1.54, 1.807) is 24.4 Å². The summed E-state index contributed by atoms with van der Waals surface area (Å²) in [6, 6.07) is 23.7. The Bertz CT molecular complexity index is 2370. The van der Waals surface area contributed by atoms with Gasteiger partial charge in [0.05, 0.1) is 57.0 Å². The number of morpholine rings is 2. The summed E-state index contributed by atoms with van der Waals surface area (Å²) >= 11 is 0. The molecule has 0 spiro atoms. The van der Waals surface area contributed by atoms with Crippen molar-refractivity contribution in [1.29, 1.82) is 0 Å². The second-order valence-corrected chi connectivity index (χ2v) is 16.9. The molecule has 4 atom stereocenters. The van der Waals surface area contributed by atoms with Crippen LogP contribution in [0.25, 0.3) is 0 Å². The zero-order valence-electron chi connectivity index (χ0n) is 36.7. The smallest absolute Gasteiger partial charge is 0.266 e. The number of halogens is 1. The highest BCUT2D eigenvalue weighted by molar-refractivity contribution is 5.99. The van der Waals surface area contributed by atoms with Gasteiger partial charge in [-0.1, -0.05) is 36.4 Å². The first-order chi connectivity index (χ1) is 31.2. The molecule has 3 aromatic carbocycles. The number of rotatable bonds is 12. The van der Waals surface area contributed by atoms with Gasteiger partial charge >= 0.3 is 0 Å². The molecule has 0 N–H and O–H groups in total. The first kappa shape index (κ1) is 43.3. The van der Waals surface area contributed by atoms with Crippen molar-refractivity contribution in [1.82, 2.24) is 24.8 Å². The van der Waals surface area contributed by atoms with Crippen molar-refractivity contribution in [2.75, 3.05) is 103 Å². The van der Waals surface area contributed by atoms with Gasteiger partial charge in [0.15, 0.2) is 0 Å². The molecular weight excluding hydrogens is 818 g/mol. The molecule has 4 aromatic rings. The van der Waals surface area contributed by atoms with Crippen molar-refractivity contribution in [3.05, 3.63) is 113 Å². The molecule has 4 unspecified atom stereocenters. The molecule has 7 heterocycles. The SMILES string of the molecule is CN1c2cc(OCCN3CCOCC3)ccc2C2C=NN(Cc3ccccc3F)C(=O)C21.Cc1cccc(CN2N=CC3c4ccc(OCCN5CCOCC5)cc4N(C)C3C2=O)n1. The Labute approximate surface area is 373 Å². The van der Waals surface area contributed by atoms with Crippen molar-refractivity contribution in [3.8, 4) is 11.5 Å². The number of hydrogen-bond donors (Lipinski definition) is 0. The maximum atomic E-state index is 14.1. The van der Waals surface area contributed by atoms with Gasteiger partial charge in [-0.2, -0.15) is 10.2 Å². The van der Waals surface area contributed by atoms with Crippen LogP contribution in [0.4, 0.5) is 15.8 Å². The molecule has 0 bridgehead atoms. The molecule has 0 radical (unpaired) electrons. The summed E-state index contributed by atoms with van der Waals surface area (Å²) in [6.07, 6.45) is 3.69. The molecule has 2 amide bonds. The number of carbonyl (C=O) groups excluding carboxylic acids is 2. The molecule has 1 aromatic heterocycles. The number of aryl methyl sites for hydroxylation is 1. The van der Waals surface area contributed by atoms with Gasteiger partial charge in [-0.3, -0.25) is 24.4 Å². The quantitative estimate of drug-likeness (QED) is 0.200. The predicted molar refractivity (Wildman–Crippen MR) is 242 cm³/mol. The van der Waals surface area contributed by atoms with E-state index in [4.69, 9.17) is 18.9 Å². The number of ether oxygens (including phenoxy) is 4. The third kappa shape index (κ3) is 9.32. The second kappa shape index (κ2) is 19.4. The highest BCUT2D eigenvalue weighted by Crippen LogP contribution is 2.44. The maximum Gasteiger partial charge on any atom is 0.266 e. The Balaban J connectivity index is 0.000000162. The number of anilines is 2. The van der Waals surface area contributed by atoms with Crippen LogP contribution in [0.5, 0.6) is 11.5 Å². The molecule has 2 saturated heterocycles. The number of pyridine rings is 1. The summed E-state index contributed by atoms with van der Waals surface area (Å²) in [4.78, 5) is 39.8. The van der Waals surface area contributed by atoms with E-state index >= 15 is 0 Å². The van der Waals surface area contributed by atoms with E-state index < -0.39 is 6.04 Å². The lowest BCUT2D eigenvalue weighted by Crippen LogP contribution is -2.48. The molecular formula is C48H56FN9O6. The normalized spacial score (nSPS) is 22.8. The van der Waals surface area contributed by atoms with E-state index in [0.29, 0.717) is 25.3 Å². The second-order valence-electron chi connectivity index (χ2n) is 16.9. The van der Waals surface area contributed by atoms with Crippen LogP contribution in [0.2, 0.25) is 0 Å². The van der Waals surface area contributed by atoms with Crippen LogP contribution in [0.1, 0.15) is 39.9 Å². The van der Waals surface area contributed by atoms with E-state index in [-0.39, 0.29) is 42.1 Å². The van der Waals surface area contributed by atoms with E-state index in [9.17, 15) is 14.0 Å². The summed E-state index contributed by atoms with van der Waals surface area (Å²) in [5.41, 5.74) is 6.38. The Hall–Kier alpha value is -5.94. The van der Waals surface area contributed by atoms with Crippen LogP contribution in [0.15, 0.2) is 89.1 Å². The minimum absolute atomic E-state index is 0.00529. The third-order valence-electron chi connectivity index (χ3n) is 12.8. The topological polar surface area (TPSA) is 128 Å². The number of hydrogen-bond acceptors (Lipinski definition) is 13. The molecule has 6 aliphatic rings. The maximum absolute atomic E-state index is 14.1. The lowest BCUT2D eigenvalue weighted by Gasteiger charge is -2.32. The van der Waals surface area contributed by atoms with Crippen LogP contribution in [0, 0.1) is 12.7 Å². The van der Waals surface area contributed by atoms with Crippen molar-refractivity contribution in [3.63, 3.8) is 0 Å². The summed E-state index contributed by atoms with van der Waals surface area (Å²) in [6.45, 7) is 12.3. The molecule has 16 heteroatoms. The molecule has 2 fully saturated rings. The highest BCUT2D eigenvalue weighted by Gasteiger charge is 2.46. The lowest BCUT2D eigenvalue weighted by molar-refractivity contribution is -0.134. The van der Waals surface area contributed by atoms with E-state index in [1.807, 2.05) is 80.7 Å². The number of carbonyl (C=O) groups is 2. The number of nitrogens with zero attached hydrogens (tertiary/aromatic N) is 9. The van der Waals surface area contributed by atoms with Crippen LogP contribution in [-0.2, 0) is 32.2 Å². The zero-order chi connectivity index (χ0) is 44.2. The molecule has 0 saturated carbocycles. The number of amides is 2. The Morgan fingerprint density at radius 1 is 0.656 bits per heavy atom. The van der Waals surface area contributed by atoms with Crippen LogP contribution in [-0.4, -0.2) is 154 Å². The van der Waals surface area contributed by atoms with Crippen molar-refractivity contribution in [2.24, 2.45) is 10.2 Å². The van der Waals surface area contributed by atoms with Crippen molar-refractivity contribution >= 4 is 35.6 Å². The fraction of sp³-hybridized carbons (Fsp3) is 0.438. The average molecular weight is 874 g/mol. The van der Waals surface area contributed by atoms with E-state index in [2.05, 4.69) is 36.0 Å².